The van der Waals surface area contributed by atoms with Crippen LogP contribution in [0, 0.1) is 11.3 Å². The predicted octanol–water partition coefficient (Wildman–Crippen LogP) is 3.18. The van der Waals surface area contributed by atoms with Crippen molar-refractivity contribution in [1.82, 2.24) is 5.32 Å². The summed E-state index contributed by atoms with van der Waals surface area (Å²) in [6.07, 6.45) is -0.0259. The third-order valence-corrected chi connectivity index (χ3v) is 4.30. The Morgan fingerprint density at radius 1 is 1.11 bits per heavy atom. The van der Waals surface area contributed by atoms with E-state index in [4.69, 9.17) is 14.7 Å². The normalized spacial score (nSPS) is 12.3. The number of nitriles is 1. The first-order chi connectivity index (χ1) is 13.5. The quantitative estimate of drug-likeness (QED) is 0.675. The molecule has 28 heavy (non-hydrogen) atoms. The lowest BCUT2D eigenvalue weighted by atomic mass is 9.96. The Bertz CT molecular complexity index is 813. The first-order valence-corrected chi connectivity index (χ1v) is 9.18. The van der Waals surface area contributed by atoms with Crippen LogP contribution in [0.15, 0.2) is 54.6 Å². The van der Waals surface area contributed by atoms with Gasteiger partial charge in [-0.15, -0.1) is 0 Å². The Labute approximate surface area is 165 Å². The summed E-state index contributed by atoms with van der Waals surface area (Å²) in [7, 11) is 0. The second-order valence-electron chi connectivity index (χ2n) is 6.32. The van der Waals surface area contributed by atoms with Gasteiger partial charge in [-0.3, -0.25) is 4.79 Å². The summed E-state index contributed by atoms with van der Waals surface area (Å²) < 4.78 is 10.4. The predicted molar refractivity (Wildman–Crippen MR) is 105 cm³/mol. The van der Waals surface area contributed by atoms with Gasteiger partial charge in [0.2, 0.25) is 0 Å². The van der Waals surface area contributed by atoms with Crippen LogP contribution in [0.3, 0.4) is 0 Å². The molecule has 0 fully saturated rings. The number of ether oxygens (including phenoxy) is 2. The summed E-state index contributed by atoms with van der Waals surface area (Å²) in [6, 6.07) is 18.3. The van der Waals surface area contributed by atoms with Crippen molar-refractivity contribution in [3.8, 4) is 11.8 Å². The first kappa shape index (κ1) is 21.0. The van der Waals surface area contributed by atoms with Crippen LogP contribution in [0.5, 0.6) is 5.75 Å². The minimum Gasteiger partial charge on any atom is -0.482 e. The van der Waals surface area contributed by atoms with Gasteiger partial charge in [0.25, 0.3) is 5.91 Å². The molecule has 6 nitrogen and oxygen atoms in total. The molecule has 2 rings (SSSR count). The van der Waals surface area contributed by atoms with Crippen molar-refractivity contribution in [3.05, 3.63) is 65.7 Å². The molecule has 0 saturated heterocycles. The fraction of sp³-hybridized carbons (Fsp3) is 0.318. The summed E-state index contributed by atoms with van der Waals surface area (Å²) in [5, 5.41) is 11.6. The lowest BCUT2D eigenvalue weighted by molar-refractivity contribution is -0.156. The van der Waals surface area contributed by atoms with Gasteiger partial charge in [0.05, 0.1) is 11.6 Å². The number of carbonyl (C=O) groups is 2. The van der Waals surface area contributed by atoms with Gasteiger partial charge < -0.3 is 14.8 Å². The van der Waals surface area contributed by atoms with Crippen molar-refractivity contribution in [1.29, 1.82) is 5.26 Å². The van der Waals surface area contributed by atoms with Gasteiger partial charge in [-0.25, -0.2) is 4.79 Å². The summed E-state index contributed by atoms with van der Waals surface area (Å²) in [6.45, 7) is 3.75. The minimum absolute atomic E-state index is 0.202. The summed E-state index contributed by atoms with van der Waals surface area (Å²) >= 11 is 0. The molecule has 1 amide bonds. The van der Waals surface area contributed by atoms with Crippen LogP contribution >= 0.6 is 0 Å². The summed E-state index contributed by atoms with van der Waals surface area (Å²) in [4.78, 5) is 24.1. The smallest absolute Gasteiger partial charge is 0.344 e. The molecule has 0 aliphatic rings. The van der Waals surface area contributed by atoms with Crippen LogP contribution in [0.2, 0.25) is 0 Å². The Balaban J connectivity index is 1.76. The van der Waals surface area contributed by atoms with E-state index in [2.05, 4.69) is 12.2 Å². The Morgan fingerprint density at radius 3 is 2.39 bits per heavy atom. The second-order valence-corrected chi connectivity index (χ2v) is 6.32. The zero-order chi connectivity index (χ0) is 20.4. The Morgan fingerprint density at radius 2 is 1.79 bits per heavy atom. The molecule has 0 spiro atoms. The van der Waals surface area contributed by atoms with Crippen molar-refractivity contribution in [2.24, 2.45) is 0 Å². The van der Waals surface area contributed by atoms with E-state index >= 15 is 0 Å². The number of carbonyl (C=O) groups excluding carboxylic acids is 2. The molecule has 0 aromatic heterocycles. The van der Waals surface area contributed by atoms with Crippen LogP contribution in [0.25, 0.3) is 0 Å². The van der Waals surface area contributed by atoms with Gasteiger partial charge in [0.15, 0.2) is 12.7 Å². The molecule has 2 aromatic rings. The molecule has 0 radical (unpaired) electrons. The topological polar surface area (TPSA) is 88.4 Å². The van der Waals surface area contributed by atoms with Gasteiger partial charge in [-0.2, -0.15) is 5.26 Å². The van der Waals surface area contributed by atoms with E-state index in [0.717, 1.165) is 12.0 Å². The van der Waals surface area contributed by atoms with Crippen molar-refractivity contribution in [2.45, 2.75) is 32.3 Å². The molecule has 0 aliphatic carbocycles. The first-order valence-electron chi connectivity index (χ1n) is 9.18. The maximum atomic E-state index is 12.2. The van der Waals surface area contributed by atoms with Crippen LogP contribution in [-0.2, 0) is 14.3 Å². The third kappa shape index (κ3) is 6.44. The molecular formula is C22H24N2O4. The molecule has 0 aliphatic heterocycles. The average molecular weight is 380 g/mol. The Hall–Kier alpha value is -3.33. The fourth-order valence-electron chi connectivity index (χ4n) is 2.64. The lowest BCUT2D eigenvalue weighted by Crippen LogP contribution is -2.38. The third-order valence-electron chi connectivity index (χ3n) is 4.30. The SMILES string of the molecule is CC[C@@H](CNC(=O)[C@H](C)OC(=O)COc1ccc(C#N)cc1)c1ccccc1. The van der Waals surface area contributed by atoms with Crippen molar-refractivity contribution in [2.75, 3.05) is 13.2 Å². The van der Waals surface area contributed by atoms with Gasteiger partial charge in [0, 0.05) is 12.5 Å². The average Bonchev–Trinajstić information content (AvgIpc) is 2.73. The highest BCUT2D eigenvalue weighted by Gasteiger charge is 2.19. The van der Waals surface area contributed by atoms with E-state index < -0.39 is 12.1 Å². The summed E-state index contributed by atoms with van der Waals surface area (Å²) in [5.41, 5.74) is 1.66. The van der Waals surface area contributed by atoms with E-state index in [1.165, 1.54) is 6.92 Å². The van der Waals surface area contributed by atoms with Crippen LogP contribution in [0.1, 0.15) is 37.3 Å². The van der Waals surface area contributed by atoms with Crippen LogP contribution < -0.4 is 10.1 Å². The largest absolute Gasteiger partial charge is 0.482 e. The molecule has 0 unspecified atom stereocenters. The molecule has 0 saturated carbocycles. The number of hydrogen-bond donors (Lipinski definition) is 1. The van der Waals surface area contributed by atoms with Crippen molar-refractivity contribution in [3.63, 3.8) is 0 Å². The number of amides is 1. The maximum absolute atomic E-state index is 12.2. The maximum Gasteiger partial charge on any atom is 0.344 e. The standard InChI is InChI=1S/C22H24N2O4/c1-3-18(19-7-5-4-6-8-19)14-24-22(26)16(2)28-21(25)15-27-20-11-9-17(13-23)10-12-20/h4-12,16,18H,3,14-15H2,1-2H3,(H,24,26)/t16-,18-/m0/s1. The molecular weight excluding hydrogens is 356 g/mol. The highest BCUT2D eigenvalue weighted by atomic mass is 16.6. The van der Waals surface area contributed by atoms with E-state index in [9.17, 15) is 9.59 Å². The molecule has 146 valence electrons. The second kappa shape index (κ2) is 10.7. The van der Waals surface area contributed by atoms with Gasteiger partial charge in [0.1, 0.15) is 5.75 Å². The molecule has 0 heterocycles. The number of nitrogens with one attached hydrogen (secondary N) is 1. The van der Waals surface area contributed by atoms with Gasteiger partial charge in [-0.05, 0) is 43.2 Å². The number of rotatable bonds is 9. The number of benzene rings is 2. The molecule has 2 aromatic carbocycles. The molecule has 0 bridgehead atoms. The number of hydrogen-bond acceptors (Lipinski definition) is 5. The van der Waals surface area contributed by atoms with Crippen molar-refractivity contribution >= 4 is 11.9 Å². The molecule has 1 N–H and O–H groups in total. The van der Waals surface area contributed by atoms with Gasteiger partial charge in [-0.1, -0.05) is 37.3 Å². The zero-order valence-electron chi connectivity index (χ0n) is 16.1. The molecule has 2 atom stereocenters. The highest BCUT2D eigenvalue weighted by molar-refractivity contribution is 5.83. The minimum atomic E-state index is -0.912. The van der Waals surface area contributed by atoms with Crippen LogP contribution in [0.4, 0.5) is 0 Å². The zero-order valence-corrected chi connectivity index (χ0v) is 16.1. The number of esters is 1. The summed E-state index contributed by atoms with van der Waals surface area (Å²) in [5.74, 6) is -0.335. The van der Waals surface area contributed by atoms with E-state index in [0.29, 0.717) is 17.9 Å². The Kier molecular flexibility index (Phi) is 8.04. The lowest BCUT2D eigenvalue weighted by Gasteiger charge is -2.18. The van der Waals surface area contributed by atoms with E-state index in [1.54, 1.807) is 24.3 Å². The van der Waals surface area contributed by atoms with E-state index in [-0.39, 0.29) is 18.4 Å². The fourth-order valence-corrected chi connectivity index (χ4v) is 2.64. The van der Waals surface area contributed by atoms with E-state index in [1.807, 2.05) is 36.4 Å². The van der Waals surface area contributed by atoms with Crippen molar-refractivity contribution < 1.29 is 19.1 Å². The number of nitrogens with zero attached hydrogens (tertiary/aromatic N) is 1. The van der Waals surface area contributed by atoms with Crippen LogP contribution in [-0.4, -0.2) is 31.1 Å². The monoisotopic (exact) mass is 380 g/mol. The van der Waals surface area contributed by atoms with Gasteiger partial charge >= 0.3 is 5.97 Å². The molecule has 6 heteroatoms. The highest BCUT2D eigenvalue weighted by Crippen LogP contribution is 2.18.